The molecular weight excluding hydrogens is 324 g/mol. The zero-order valence-electron chi connectivity index (χ0n) is 14.3. The first-order valence-electron chi connectivity index (χ1n) is 8.09. The molecule has 0 radical (unpaired) electrons. The van der Waals surface area contributed by atoms with Crippen LogP contribution in [0.3, 0.4) is 0 Å². The van der Waals surface area contributed by atoms with Crippen molar-refractivity contribution in [2.45, 2.75) is 32.9 Å². The number of carbonyl (C=O) groups is 2. The molecule has 0 fully saturated rings. The molecule has 0 aliphatic heterocycles. The Kier molecular flexibility index (Phi) is 6.69. The molecule has 0 unspecified atom stereocenters. The van der Waals surface area contributed by atoms with Crippen molar-refractivity contribution in [1.82, 2.24) is 20.5 Å². The van der Waals surface area contributed by atoms with Gasteiger partial charge in [-0.3, -0.25) is 14.5 Å². The second-order valence-electron chi connectivity index (χ2n) is 5.83. The number of nitrogens with zero attached hydrogens (tertiary/aromatic N) is 2. The number of amides is 2. The molecule has 6 nitrogen and oxygen atoms in total. The molecule has 0 bridgehead atoms. The molecule has 7 heteroatoms. The summed E-state index contributed by atoms with van der Waals surface area (Å²) in [5, 5.41) is 6.46. The van der Waals surface area contributed by atoms with Gasteiger partial charge in [-0.1, -0.05) is 19.1 Å². The summed E-state index contributed by atoms with van der Waals surface area (Å²) in [6, 6.07) is 7.46. The largest absolute Gasteiger partial charge is 0.354 e. The number of carbonyl (C=O) groups excluding carboxylic acids is 2. The van der Waals surface area contributed by atoms with E-state index in [0.29, 0.717) is 13.1 Å². The smallest absolute Gasteiger partial charge is 0.242 e. The molecule has 0 spiro atoms. The summed E-state index contributed by atoms with van der Waals surface area (Å²) >= 11 is 1.63. The third-order valence-electron chi connectivity index (χ3n) is 3.48. The quantitative estimate of drug-likeness (QED) is 0.762. The van der Waals surface area contributed by atoms with E-state index >= 15 is 0 Å². The molecule has 130 valence electrons. The fourth-order valence-corrected chi connectivity index (χ4v) is 3.32. The van der Waals surface area contributed by atoms with Crippen molar-refractivity contribution in [2.75, 3.05) is 20.1 Å². The molecule has 24 heavy (non-hydrogen) atoms. The van der Waals surface area contributed by atoms with E-state index < -0.39 is 6.04 Å². The van der Waals surface area contributed by atoms with Crippen molar-refractivity contribution >= 4 is 33.4 Å². The van der Waals surface area contributed by atoms with Crippen molar-refractivity contribution in [1.29, 1.82) is 0 Å². The van der Waals surface area contributed by atoms with Crippen LogP contribution in [-0.4, -0.2) is 47.9 Å². The second-order valence-corrected chi connectivity index (χ2v) is 6.94. The Morgan fingerprint density at radius 2 is 2.08 bits per heavy atom. The third-order valence-corrected chi connectivity index (χ3v) is 4.50. The predicted octanol–water partition coefficient (Wildman–Crippen LogP) is 1.76. The van der Waals surface area contributed by atoms with Crippen LogP contribution in [0.1, 0.15) is 25.3 Å². The Morgan fingerprint density at radius 1 is 1.33 bits per heavy atom. The number of nitrogens with one attached hydrogen (secondary N) is 2. The van der Waals surface area contributed by atoms with Crippen LogP contribution in [0.5, 0.6) is 0 Å². The number of fused-ring (bicyclic) bond motifs is 1. The summed E-state index contributed by atoms with van der Waals surface area (Å²) in [5.74, 6) is -0.322. The number of thiazole rings is 1. The standard InChI is InChI=1S/C17H24N4O2S/c1-4-9-18-17(23)12(2)19-15(22)10-21(3)11-16-20-13-7-5-6-8-14(13)24-16/h5-8,12H,4,9-11H2,1-3H3,(H,18,23)(H,19,22)/t12-/m1/s1. The lowest BCUT2D eigenvalue weighted by atomic mass is 10.3. The fraction of sp³-hybridized carbons (Fsp3) is 0.471. The molecule has 1 aromatic carbocycles. The predicted molar refractivity (Wildman–Crippen MR) is 96.9 cm³/mol. The summed E-state index contributed by atoms with van der Waals surface area (Å²) in [6.45, 7) is 5.12. The normalized spacial score (nSPS) is 12.3. The molecule has 1 aromatic heterocycles. The van der Waals surface area contributed by atoms with E-state index in [9.17, 15) is 9.59 Å². The molecule has 0 aliphatic rings. The van der Waals surface area contributed by atoms with Crippen LogP contribution in [-0.2, 0) is 16.1 Å². The van der Waals surface area contributed by atoms with Crippen LogP contribution in [0.15, 0.2) is 24.3 Å². The van der Waals surface area contributed by atoms with Gasteiger partial charge in [-0.05, 0) is 32.5 Å². The number of benzene rings is 1. The molecule has 2 N–H and O–H groups in total. The third kappa shape index (κ3) is 5.28. The summed E-state index contributed by atoms with van der Waals surface area (Å²) in [6.07, 6.45) is 0.872. The van der Waals surface area contributed by atoms with Gasteiger partial charge in [0.05, 0.1) is 23.3 Å². The van der Waals surface area contributed by atoms with Crippen molar-refractivity contribution in [3.8, 4) is 0 Å². The number of aromatic nitrogens is 1. The number of hydrogen-bond donors (Lipinski definition) is 2. The van der Waals surface area contributed by atoms with Gasteiger partial charge in [0.25, 0.3) is 0 Å². The number of para-hydroxylation sites is 1. The maximum atomic E-state index is 12.1. The Labute approximate surface area is 146 Å². The van der Waals surface area contributed by atoms with Gasteiger partial charge in [0.15, 0.2) is 0 Å². The highest BCUT2D eigenvalue weighted by molar-refractivity contribution is 7.18. The lowest BCUT2D eigenvalue weighted by Gasteiger charge is -2.17. The lowest BCUT2D eigenvalue weighted by molar-refractivity contribution is -0.129. The molecule has 0 aliphatic carbocycles. The van der Waals surface area contributed by atoms with Crippen LogP contribution in [0, 0.1) is 0 Å². The van der Waals surface area contributed by atoms with Crippen molar-refractivity contribution in [3.05, 3.63) is 29.3 Å². The average Bonchev–Trinajstić information content (AvgIpc) is 2.93. The summed E-state index contributed by atoms with van der Waals surface area (Å²) in [5.41, 5.74) is 0.983. The second kappa shape index (κ2) is 8.75. The Hall–Kier alpha value is -1.99. The van der Waals surface area contributed by atoms with E-state index in [1.54, 1.807) is 18.3 Å². The molecule has 1 atom stereocenters. The van der Waals surface area contributed by atoms with Gasteiger partial charge in [0.1, 0.15) is 11.0 Å². The first-order valence-corrected chi connectivity index (χ1v) is 8.91. The van der Waals surface area contributed by atoms with Gasteiger partial charge in [0, 0.05) is 6.54 Å². The number of rotatable bonds is 8. The van der Waals surface area contributed by atoms with E-state index in [1.807, 2.05) is 43.1 Å². The minimum absolute atomic E-state index is 0.154. The van der Waals surface area contributed by atoms with E-state index in [0.717, 1.165) is 21.6 Å². The van der Waals surface area contributed by atoms with Crippen molar-refractivity contribution in [3.63, 3.8) is 0 Å². The van der Waals surface area contributed by atoms with Crippen molar-refractivity contribution in [2.24, 2.45) is 0 Å². The minimum atomic E-state index is -0.528. The molecule has 2 amide bonds. The van der Waals surface area contributed by atoms with E-state index in [1.165, 1.54) is 0 Å². The first-order chi connectivity index (χ1) is 11.5. The maximum absolute atomic E-state index is 12.1. The zero-order valence-corrected chi connectivity index (χ0v) is 15.2. The molecule has 0 saturated carbocycles. The van der Waals surface area contributed by atoms with E-state index in [2.05, 4.69) is 15.6 Å². The van der Waals surface area contributed by atoms with Gasteiger partial charge in [-0.15, -0.1) is 11.3 Å². The SMILES string of the molecule is CCCNC(=O)[C@@H](C)NC(=O)CN(C)Cc1nc2ccccc2s1. The van der Waals surface area contributed by atoms with Crippen molar-refractivity contribution < 1.29 is 9.59 Å². The summed E-state index contributed by atoms with van der Waals surface area (Å²) in [4.78, 5) is 30.3. The molecule has 2 aromatic rings. The number of hydrogen-bond acceptors (Lipinski definition) is 5. The summed E-state index contributed by atoms with van der Waals surface area (Å²) < 4.78 is 1.14. The Bertz CT molecular complexity index is 668. The van der Waals surface area contributed by atoms with Gasteiger partial charge in [-0.2, -0.15) is 0 Å². The highest BCUT2D eigenvalue weighted by Gasteiger charge is 2.16. The number of likely N-dealkylation sites (N-methyl/N-ethyl adjacent to an activating group) is 1. The summed E-state index contributed by atoms with van der Waals surface area (Å²) in [7, 11) is 1.87. The van der Waals surface area contributed by atoms with Crippen LogP contribution >= 0.6 is 11.3 Å². The highest BCUT2D eigenvalue weighted by Crippen LogP contribution is 2.22. The maximum Gasteiger partial charge on any atom is 0.242 e. The fourth-order valence-electron chi connectivity index (χ4n) is 2.27. The van der Waals surface area contributed by atoms with Gasteiger partial charge in [-0.25, -0.2) is 4.98 Å². The van der Waals surface area contributed by atoms with E-state index in [-0.39, 0.29) is 18.4 Å². The van der Waals surface area contributed by atoms with Gasteiger partial charge < -0.3 is 10.6 Å². The highest BCUT2D eigenvalue weighted by atomic mass is 32.1. The van der Waals surface area contributed by atoms with Gasteiger partial charge >= 0.3 is 0 Å². The average molecular weight is 348 g/mol. The van der Waals surface area contributed by atoms with Gasteiger partial charge in [0.2, 0.25) is 11.8 Å². The molecule has 1 heterocycles. The van der Waals surface area contributed by atoms with Crippen LogP contribution in [0.4, 0.5) is 0 Å². The minimum Gasteiger partial charge on any atom is -0.354 e. The first kappa shape index (κ1) is 18.4. The monoisotopic (exact) mass is 348 g/mol. The molecular formula is C17H24N4O2S. The molecule has 2 rings (SSSR count). The van der Waals surface area contributed by atoms with Crippen LogP contribution in [0.25, 0.3) is 10.2 Å². The lowest BCUT2D eigenvalue weighted by Crippen LogP contribution is -2.47. The van der Waals surface area contributed by atoms with Crippen LogP contribution in [0.2, 0.25) is 0 Å². The zero-order chi connectivity index (χ0) is 17.5. The topological polar surface area (TPSA) is 74.3 Å². The Balaban J connectivity index is 1.81. The van der Waals surface area contributed by atoms with E-state index in [4.69, 9.17) is 0 Å². The molecule has 0 saturated heterocycles. The van der Waals surface area contributed by atoms with Crippen LogP contribution < -0.4 is 10.6 Å². The Morgan fingerprint density at radius 3 is 2.79 bits per heavy atom.